The molecule has 1 heterocycles. The summed E-state index contributed by atoms with van der Waals surface area (Å²) in [7, 11) is -7.47. The van der Waals surface area contributed by atoms with E-state index >= 15 is 0 Å². The van der Waals surface area contributed by atoms with Crippen LogP contribution in [0.4, 0.5) is 0 Å². The van der Waals surface area contributed by atoms with Gasteiger partial charge in [0.1, 0.15) is 5.60 Å². The number of ether oxygens (including phenoxy) is 1. The van der Waals surface area contributed by atoms with Crippen molar-refractivity contribution < 1.29 is 26.2 Å². The van der Waals surface area contributed by atoms with Gasteiger partial charge in [0.2, 0.25) is 0 Å². The van der Waals surface area contributed by atoms with E-state index in [1.54, 1.807) is 0 Å². The van der Waals surface area contributed by atoms with Crippen LogP contribution in [0.15, 0.2) is 12.2 Å². The van der Waals surface area contributed by atoms with E-state index in [9.17, 15) is 8.42 Å². The number of epoxide rings is 1. The predicted octanol–water partition coefficient (Wildman–Crippen LogP) is 8.17. The van der Waals surface area contributed by atoms with E-state index in [4.69, 9.17) is 17.8 Å². The van der Waals surface area contributed by atoms with Crippen molar-refractivity contribution in [3.05, 3.63) is 12.2 Å². The third kappa shape index (κ3) is 8.57. The summed E-state index contributed by atoms with van der Waals surface area (Å²) in [4.78, 5) is 0. The van der Waals surface area contributed by atoms with Gasteiger partial charge in [0.25, 0.3) is 10.1 Å². The van der Waals surface area contributed by atoms with Crippen molar-refractivity contribution in [2.75, 3.05) is 12.9 Å². The number of hydrogen-bond acceptors (Lipinski definition) is 6. The molecule has 41 heavy (non-hydrogen) atoms. The van der Waals surface area contributed by atoms with Gasteiger partial charge >= 0.3 is 0 Å². The van der Waals surface area contributed by atoms with Crippen LogP contribution in [-0.2, 0) is 27.9 Å². The molecule has 240 valence electrons. The van der Waals surface area contributed by atoms with Gasteiger partial charge in [-0.15, -0.1) is 0 Å². The zero-order valence-electron chi connectivity index (χ0n) is 28.7. The number of rotatable bonds is 13. The molecule has 2 saturated carbocycles. The summed E-state index contributed by atoms with van der Waals surface area (Å²) >= 11 is 0. The van der Waals surface area contributed by atoms with Crippen LogP contribution in [0.5, 0.6) is 0 Å². The van der Waals surface area contributed by atoms with Gasteiger partial charge in [-0.3, -0.25) is 4.18 Å². The Balaban J connectivity index is 1.89. The Hall–Kier alpha value is -0.0362. The Kier molecular flexibility index (Phi) is 10.4. The van der Waals surface area contributed by atoms with Crippen LogP contribution in [0, 0.1) is 29.6 Å². The third-order valence-corrected chi connectivity index (χ3v) is 20.4. The Morgan fingerprint density at radius 2 is 1.54 bits per heavy atom. The zero-order valence-corrected chi connectivity index (χ0v) is 31.5. The van der Waals surface area contributed by atoms with Gasteiger partial charge in [0.05, 0.1) is 31.2 Å². The molecule has 6 nitrogen and oxygen atoms in total. The van der Waals surface area contributed by atoms with Crippen molar-refractivity contribution in [1.82, 2.24) is 0 Å². The Labute approximate surface area is 255 Å². The first-order chi connectivity index (χ1) is 18.4. The molecule has 0 aromatic rings. The lowest BCUT2D eigenvalue weighted by Gasteiger charge is -2.40. The summed E-state index contributed by atoms with van der Waals surface area (Å²) in [6.45, 7) is 30.3. The van der Waals surface area contributed by atoms with Gasteiger partial charge in [-0.05, 0) is 85.6 Å². The van der Waals surface area contributed by atoms with Gasteiger partial charge < -0.3 is 13.6 Å². The fourth-order valence-electron chi connectivity index (χ4n) is 6.66. The molecule has 1 aliphatic heterocycles. The summed E-state index contributed by atoms with van der Waals surface area (Å²) in [5.74, 6) is 2.25. The monoisotopic (exact) mass is 630 g/mol. The molecule has 3 rings (SSSR count). The first-order valence-corrected chi connectivity index (χ1v) is 23.6. The van der Waals surface area contributed by atoms with Crippen LogP contribution in [0.25, 0.3) is 0 Å². The van der Waals surface area contributed by atoms with Crippen LogP contribution >= 0.6 is 0 Å². The summed E-state index contributed by atoms with van der Waals surface area (Å²) in [5, 5.41) is 0.269. The van der Waals surface area contributed by atoms with Crippen molar-refractivity contribution in [1.29, 1.82) is 0 Å². The van der Waals surface area contributed by atoms with Crippen LogP contribution in [0.3, 0.4) is 0 Å². The SMILES string of the molecule is CC(C)C[C@H](C)C[C@@H](/C=C/[C@H]1[C@H]2CC3(COS(C)(=O)=O)OC3[C@H]2C[C@H]1O[Si](C)(C)C(C)(C)C)O[Si](C)(C)C(C)(C)C. The first-order valence-electron chi connectivity index (χ1n) is 15.9. The third-order valence-electron chi connectivity index (χ3n) is 10.8. The molecule has 0 spiro atoms. The topological polar surface area (TPSA) is 74.4 Å². The molecular formula is C32H62O6SSi2. The average molecular weight is 631 g/mol. The molecule has 3 aliphatic rings. The molecule has 9 heteroatoms. The molecule has 8 atom stereocenters. The molecule has 0 amide bonds. The molecule has 0 radical (unpaired) electrons. The summed E-state index contributed by atoms with van der Waals surface area (Å²) < 4.78 is 49.1. The van der Waals surface area contributed by atoms with E-state index in [1.165, 1.54) is 6.42 Å². The first kappa shape index (κ1) is 35.4. The normalized spacial score (nSPS) is 32.4. The van der Waals surface area contributed by atoms with E-state index in [2.05, 4.69) is 101 Å². The second-order valence-corrected chi connectivity index (χ2v) is 28.3. The molecule has 0 bridgehead atoms. The minimum atomic E-state index is -3.51. The fourth-order valence-corrected chi connectivity index (χ4v) is 9.72. The van der Waals surface area contributed by atoms with Crippen LogP contribution in [0.2, 0.25) is 36.3 Å². The minimum absolute atomic E-state index is 0.0588. The van der Waals surface area contributed by atoms with Gasteiger partial charge in [-0.1, -0.05) is 74.5 Å². The Bertz CT molecular complexity index is 1040. The van der Waals surface area contributed by atoms with E-state index in [-0.39, 0.29) is 40.9 Å². The second kappa shape index (κ2) is 12.0. The highest BCUT2D eigenvalue weighted by Gasteiger charge is 2.71. The van der Waals surface area contributed by atoms with Crippen molar-refractivity contribution in [3.8, 4) is 0 Å². The minimum Gasteiger partial charge on any atom is -0.413 e. The van der Waals surface area contributed by atoms with Crippen molar-refractivity contribution in [2.24, 2.45) is 29.6 Å². The molecule has 2 unspecified atom stereocenters. The van der Waals surface area contributed by atoms with Gasteiger partial charge in [-0.25, -0.2) is 0 Å². The lowest BCUT2D eigenvalue weighted by Crippen LogP contribution is -2.45. The Morgan fingerprint density at radius 3 is 2.05 bits per heavy atom. The fraction of sp³-hybridized carbons (Fsp3) is 0.938. The molecule has 0 N–H and O–H groups in total. The standard InChI is InChI=1S/C32H62O6SSi2/c1-22(2)17-23(3)18-24(37-40(11,12)30(4,5)6)15-16-25-27-20-32(21-35-39(10,33)34)29(36-32)26(27)19-28(25)38-41(13,14)31(7,8)9/h15-16,22-29H,17-21H2,1-14H3/b16-15+/t23-,24+,25-,26-,27+,28+,29?,32?/m0/s1. The van der Waals surface area contributed by atoms with E-state index in [0.717, 1.165) is 25.5 Å². The zero-order chi connectivity index (χ0) is 31.4. The highest BCUT2D eigenvalue weighted by molar-refractivity contribution is 7.85. The highest BCUT2D eigenvalue weighted by atomic mass is 32.2. The van der Waals surface area contributed by atoms with E-state index in [1.807, 2.05) is 0 Å². The Morgan fingerprint density at radius 1 is 0.951 bits per heavy atom. The molecular weight excluding hydrogens is 569 g/mol. The molecule has 2 aliphatic carbocycles. The average Bonchev–Trinajstić information content (AvgIpc) is 3.24. The molecule has 0 aromatic heterocycles. The predicted molar refractivity (Wildman–Crippen MR) is 175 cm³/mol. The van der Waals surface area contributed by atoms with Crippen LogP contribution in [0.1, 0.15) is 88.0 Å². The van der Waals surface area contributed by atoms with E-state index < -0.39 is 32.4 Å². The number of hydrogen-bond donors (Lipinski definition) is 0. The lowest BCUT2D eigenvalue weighted by atomic mass is 9.88. The van der Waals surface area contributed by atoms with Gasteiger partial charge in [0.15, 0.2) is 16.6 Å². The van der Waals surface area contributed by atoms with Gasteiger partial charge in [0, 0.05) is 5.92 Å². The maximum atomic E-state index is 11.8. The molecule has 0 aromatic carbocycles. The van der Waals surface area contributed by atoms with Crippen LogP contribution in [-0.4, -0.2) is 61.8 Å². The van der Waals surface area contributed by atoms with Crippen molar-refractivity contribution in [3.63, 3.8) is 0 Å². The largest absolute Gasteiger partial charge is 0.413 e. The maximum Gasteiger partial charge on any atom is 0.264 e. The molecule has 3 fully saturated rings. The van der Waals surface area contributed by atoms with Crippen molar-refractivity contribution >= 4 is 26.8 Å². The van der Waals surface area contributed by atoms with Gasteiger partial charge in [-0.2, -0.15) is 8.42 Å². The van der Waals surface area contributed by atoms with Crippen molar-refractivity contribution in [2.45, 2.75) is 148 Å². The van der Waals surface area contributed by atoms with E-state index in [0.29, 0.717) is 23.7 Å². The van der Waals surface area contributed by atoms with Crippen LogP contribution < -0.4 is 0 Å². The molecule has 1 saturated heterocycles. The smallest absolute Gasteiger partial charge is 0.264 e. The lowest BCUT2D eigenvalue weighted by molar-refractivity contribution is 0.118. The summed E-state index contributed by atoms with van der Waals surface area (Å²) in [6, 6.07) is 0. The quantitative estimate of drug-likeness (QED) is 0.0885. The summed E-state index contributed by atoms with van der Waals surface area (Å²) in [6.07, 6.45) is 10.2. The maximum absolute atomic E-state index is 11.8. The number of fused-ring (bicyclic) bond motifs is 3. The highest BCUT2D eigenvalue weighted by Crippen LogP contribution is 2.64. The summed E-state index contributed by atoms with van der Waals surface area (Å²) in [5.41, 5.74) is -0.463. The second-order valence-electron chi connectivity index (χ2n) is 17.1.